The van der Waals surface area contributed by atoms with Crippen LogP contribution in [0.1, 0.15) is 11.8 Å². The Kier molecular flexibility index (Phi) is 3.94. The Labute approximate surface area is 128 Å². The smallest absolute Gasteiger partial charge is 0.144 e. The quantitative estimate of drug-likeness (QED) is 0.784. The van der Waals surface area contributed by atoms with Gasteiger partial charge in [-0.25, -0.2) is 4.98 Å². The highest BCUT2D eigenvalue weighted by atomic mass is 32.1. The molecule has 0 saturated carbocycles. The van der Waals surface area contributed by atoms with Crippen molar-refractivity contribution < 1.29 is 4.74 Å². The summed E-state index contributed by atoms with van der Waals surface area (Å²) in [7, 11) is 1.72. The summed E-state index contributed by atoms with van der Waals surface area (Å²) in [6, 6.07) is 10.3. The van der Waals surface area contributed by atoms with E-state index in [-0.39, 0.29) is 0 Å². The lowest BCUT2D eigenvalue weighted by atomic mass is 10.2. The lowest BCUT2D eigenvalue weighted by Gasteiger charge is -2.08. The van der Waals surface area contributed by atoms with Gasteiger partial charge in [-0.1, -0.05) is 19.1 Å². The van der Waals surface area contributed by atoms with E-state index in [1.165, 1.54) is 4.88 Å². The Morgan fingerprint density at radius 3 is 2.86 bits per heavy atom. The predicted octanol–water partition coefficient (Wildman–Crippen LogP) is 3.56. The average molecular weight is 301 g/mol. The van der Waals surface area contributed by atoms with Crippen LogP contribution in [0.25, 0.3) is 22.4 Å². The molecule has 3 aromatic rings. The lowest BCUT2D eigenvalue weighted by Crippen LogP contribution is -2.06. The molecule has 110 valence electrons. The molecule has 0 aliphatic rings. The van der Waals surface area contributed by atoms with Gasteiger partial charge in [0.1, 0.15) is 5.82 Å². The van der Waals surface area contributed by atoms with Crippen molar-refractivity contribution >= 4 is 27.4 Å². The molecule has 4 nitrogen and oxygen atoms in total. The number of nitrogens with two attached hydrogens (primary N) is 1. The first-order valence-electron chi connectivity index (χ1n) is 7.07. The molecule has 1 aromatic carbocycles. The number of nitrogens with zero attached hydrogens (tertiary/aromatic N) is 2. The van der Waals surface area contributed by atoms with Crippen molar-refractivity contribution in [3.05, 3.63) is 35.2 Å². The second-order valence-electron chi connectivity index (χ2n) is 4.91. The average Bonchev–Trinajstić information content (AvgIpc) is 3.05. The zero-order valence-corrected chi connectivity index (χ0v) is 13.1. The van der Waals surface area contributed by atoms with Crippen LogP contribution < -0.4 is 5.73 Å². The fraction of sp³-hybridized carbons (Fsp3) is 0.312. The fourth-order valence-electron chi connectivity index (χ4n) is 2.50. The minimum Gasteiger partial charge on any atom is -0.390 e. The number of hydrogen-bond acceptors (Lipinski definition) is 4. The van der Waals surface area contributed by atoms with Gasteiger partial charge in [0.25, 0.3) is 0 Å². The summed E-state index contributed by atoms with van der Waals surface area (Å²) >= 11 is 1.64. The number of benzene rings is 1. The second-order valence-corrected chi connectivity index (χ2v) is 6.08. The maximum Gasteiger partial charge on any atom is 0.144 e. The van der Waals surface area contributed by atoms with E-state index in [1.807, 2.05) is 18.2 Å². The number of imidazole rings is 1. The van der Waals surface area contributed by atoms with Crippen LogP contribution in [0.4, 0.5) is 5.00 Å². The fourth-order valence-corrected chi connectivity index (χ4v) is 3.36. The van der Waals surface area contributed by atoms with Gasteiger partial charge in [-0.05, 0) is 24.6 Å². The SMILES string of the molecule is CCc1cc(-c2nc3ccccc3n2CCOC)c(N)s1. The number of aromatic nitrogens is 2. The van der Waals surface area contributed by atoms with Crippen LogP contribution >= 0.6 is 11.3 Å². The number of aryl methyl sites for hydroxylation is 1. The van der Waals surface area contributed by atoms with E-state index in [1.54, 1.807) is 18.4 Å². The highest BCUT2D eigenvalue weighted by Gasteiger charge is 2.16. The van der Waals surface area contributed by atoms with Gasteiger partial charge in [0.15, 0.2) is 0 Å². The Morgan fingerprint density at radius 2 is 2.14 bits per heavy atom. The summed E-state index contributed by atoms with van der Waals surface area (Å²) in [5.41, 5.74) is 9.35. The summed E-state index contributed by atoms with van der Waals surface area (Å²) < 4.78 is 7.43. The largest absolute Gasteiger partial charge is 0.390 e. The molecule has 0 spiro atoms. The van der Waals surface area contributed by atoms with Gasteiger partial charge in [0.2, 0.25) is 0 Å². The van der Waals surface area contributed by atoms with Crippen LogP contribution in [0.5, 0.6) is 0 Å². The van der Waals surface area contributed by atoms with Crippen molar-refractivity contribution in [2.45, 2.75) is 19.9 Å². The minimum atomic E-state index is 0.651. The zero-order valence-electron chi connectivity index (χ0n) is 12.3. The van der Waals surface area contributed by atoms with Crippen molar-refractivity contribution in [2.75, 3.05) is 19.5 Å². The van der Waals surface area contributed by atoms with Gasteiger partial charge in [-0.3, -0.25) is 0 Å². The molecule has 0 atom stereocenters. The normalized spacial score (nSPS) is 11.3. The Balaban J connectivity index is 2.17. The highest BCUT2D eigenvalue weighted by Crippen LogP contribution is 2.35. The van der Waals surface area contributed by atoms with Crippen LogP contribution in [0.3, 0.4) is 0 Å². The first kappa shape index (κ1) is 14.1. The minimum absolute atomic E-state index is 0.651. The van der Waals surface area contributed by atoms with Crippen molar-refractivity contribution in [1.29, 1.82) is 0 Å². The van der Waals surface area contributed by atoms with E-state index >= 15 is 0 Å². The molecule has 3 rings (SSSR count). The van der Waals surface area contributed by atoms with Crippen molar-refractivity contribution in [3.8, 4) is 11.4 Å². The molecule has 0 saturated heterocycles. The number of nitrogen functional groups attached to an aromatic ring is 1. The number of fused-ring (bicyclic) bond motifs is 1. The number of hydrogen-bond donors (Lipinski definition) is 1. The molecule has 5 heteroatoms. The maximum atomic E-state index is 6.20. The monoisotopic (exact) mass is 301 g/mol. The van der Waals surface area contributed by atoms with E-state index in [2.05, 4.69) is 23.6 Å². The number of rotatable bonds is 5. The summed E-state index contributed by atoms with van der Waals surface area (Å²) in [5.74, 6) is 0.932. The molecule has 0 amide bonds. The number of ether oxygens (including phenoxy) is 1. The van der Waals surface area contributed by atoms with E-state index in [0.717, 1.165) is 40.4 Å². The first-order valence-corrected chi connectivity index (χ1v) is 7.89. The summed E-state index contributed by atoms with van der Waals surface area (Å²) in [6.07, 6.45) is 0.993. The molecule has 21 heavy (non-hydrogen) atoms. The first-order chi connectivity index (χ1) is 10.2. The third kappa shape index (κ3) is 2.54. The van der Waals surface area contributed by atoms with E-state index in [9.17, 15) is 0 Å². The van der Waals surface area contributed by atoms with E-state index < -0.39 is 0 Å². The Hall–Kier alpha value is -1.85. The standard InChI is InChI=1S/C16H19N3OS/c1-3-11-10-12(15(17)21-11)16-18-13-6-4-5-7-14(13)19(16)8-9-20-2/h4-7,10H,3,8-9,17H2,1-2H3. The molecule has 0 aliphatic carbocycles. The Morgan fingerprint density at radius 1 is 1.33 bits per heavy atom. The van der Waals surface area contributed by atoms with Crippen LogP contribution in [0.2, 0.25) is 0 Å². The molecule has 0 aliphatic heterocycles. The van der Waals surface area contributed by atoms with Crippen molar-refractivity contribution in [1.82, 2.24) is 9.55 Å². The van der Waals surface area contributed by atoms with Gasteiger partial charge in [0, 0.05) is 18.5 Å². The van der Waals surface area contributed by atoms with Gasteiger partial charge in [-0.2, -0.15) is 0 Å². The van der Waals surface area contributed by atoms with Crippen LogP contribution in [-0.2, 0) is 17.7 Å². The number of para-hydroxylation sites is 2. The third-order valence-corrected chi connectivity index (χ3v) is 4.68. The lowest BCUT2D eigenvalue weighted by molar-refractivity contribution is 0.188. The summed E-state index contributed by atoms with van der Waals surface area (Å²) in [4.78, 5) is 6.06. The van der Waals surface area contributed by atoms with E-state index in [0.29, 0.717) is 6.61 Å². The predicted molar refractivity (Wildman–Crippen MR) is 88.7 cm³/mol. The summed E-state index contributed by atoms with van der Waals surface area (Å²) in [5, 5.41) is 0.834. The molecule has 0 fully saturated rings. The van der Waals surface area contributed by atoms with Gasteiger partial charge >= 0.3 is 0 Å². The number of methoxy groups -OCH3 is 1. The molecular weight excluding hydrogens is 282 g/mol. The van der Waals surface area contributed by atoms with E-state index in [4.69, 9.17) is 15.5 Å². The molecule has 0 bridgehead atoms. The van der Waals surface area contributed by atoms with Crippen LogP contribution in [0.15, 0.2) is 30.3 Å². The van der Waals surface area contributed by atoms with Crippen molar-refractivity contribution in [3.63, 3.8) is 0 Å². The maximum absolute atomic E-state index is 6.20. The van der Waals surface area contributed by atoms with Gasteiger partial charge in [0.05, 0.1) is 28.2 Å². The number of thiophene rings is 1. The molecule has 0 unspecified atom stereocenters. The number of anilines is 1. The molecular formula is C16H19N3OS. The zero-order chi connectivity index (χ0) is 14.8. The van der Waals surface area contributed by atoms with Gasteiger partial charge in [-0.15, -0.1) is 11.3 Å². The second kappa shape index (κ2) is 5.87. The summed E-state index contributed by atoms with van der Waals surface area (Å²) in [6.45, 7) is 3.56. The molecule has 2 N–H and O–H groups in total. The third-order valence-electron chi connectivity index (χ3n) is 3.57. The van der Waals surface area contributed by atoms with Crippen LogP contribution in [-0.4, -0.2) is 23.3 Å². The van der Waals surface area contributed by atoms with Crippen molar-refractivity contribution in [2.24, 2.45) is 0 Å². The molecule has 0 radical (unpaired) electrons. The van der Waals surface area contributed by atoms with Gasteiger partial charge < -0.3 is 15.0 Å². The van der Waals surface area contributed by atoms with Crippen LogP contribution in [0, 0.1) is 0 Å². The topological polar surface area (TPSA) is 53.1 Å². The Bertz CT molecular complexity index is 760. The molecule has 2 heterocycles. The highest BCUT2D eigenvalue weighted by molar-refractivity contribution is 7.16. The molecule has 2 aromatic heterocycles.